The fourth-order valence-electron chi connectivity index (χ4n) is 2.36. The van der Waals surface area contributed by atoms with Gasteiger partial charge in [-0.1, -0.05) is 43.3 Å². The van der Waals surface area contributed by atoms with Crippen molar-refractivity contribution in [3.63, 3.8) is 0 Å². The number of aryl methyl sites for hydroxylation is 2. The second-order valence-electron chi connectivity index (χ2n) is 6.57. The molecule has 8 heteroatoms. The Hall–Kier alpha value is -2.35. The minimum Gasteiger partial charge on any atom is -0.370 e. The number of hydrogen-bond donors (Lipinski definition) is 2. The van der Waals surface area contributed by atoms with Gasteiger partial charge in [0.05, 0.1) is 5.75 Å². The lowest BCUT2D eigenvalue weighted by molar-refractivity contribution is -0.118. The van der Waals surface area contributed by atoms with Gasteiger partial charge in [-0.15, -0.1) is 10.2 Å². The smallest absolute Gasteiger partial charge is 0.234 e. The molecule has 1 heterocycles. The number of nitrogens with two attached hydrogens (primary N) is 1. The topological polar surface area (TPSA) is 103 Å². The quantitative estimate of drug-likeness (QED) is 0.655. The van der Waals surface area contributed by atoms with E-state index in [1.54, 1.807) is 0 Å². The zero-order chi connectivity index (χ0) is 19.1. The Morgan fingerprint density at radius 3 is 2.54 bits per heavy atom. The van der Waals surface area contributed by atoms with E-state index in [4.69, 9.17) is 5.73 Å². The van der Waals surface area contributed by atoms with E-state index < -0.39 is 0 Å². The molecule has 3 N–H and O–H groups in total. The van der Waals surface area contributed by atoms with Crippen LogP contribution in [0, 0.1) is 12.8 Å². The van der Waals surface area contributed by atoms with E-state index >= 15 is 0 Å². The summed E-state index contributed by atoms with van der Waals surface area (Å²) in [5, 5.41) is 11.9. The average molecular weight is 375 g/mol. The zero-order valence-corrected chi connectivity index (χ0v) is 16.2. The van der Waals surface area contributed by atoms with Crippen LogP contribution >= 0.6 is 11.8 Å². The Balaban J connectivity index is 1.99. The van der Waals surface area contributed by atoms with Gasteiger partial charge in [0.15, 0.2) is 5.16 Å². The number of thioether (sulfide) groups is 1. The van der Waals surface area contributed by atoms with Crippen molar-refractivity contribution in [2.45, 2.75) is 45.3 Å². The summed E-state index contributed by atoms with van der Waals surface area (Å²) >= 11 is 1.34. The van der Waals surface area contributed by atoms with Gasteiger partial charge in [-0.05, 0) is 25.0 Å². The Morgan fingerprint density at radius 2 is 1.92 bits per heavy atom. The second kappa shape index (κ2) is 9.38. The lowest BCUT2D eigenvalue weighted by Crippen LogP contribution is -2.16. The van der Waals surface area contributed by atoms with Crippen LogP contribution in [-0.4, -0.2) is 32.3 Å². The van der Waals surface area contributed by atoms with Crippen LogP contribution in [0.4, 0.5) is 5.69 Å². The van der Waals surface area contributed by atoms with Crippen LogP contribution < -0.4 is 11.1 Å². The third-order valence-corrected chi connectivity index (χ3v) is 4.57. The van der Waals surface area contributed by atoms with Gasteiger partial charge in [-0.3, -0.25) is 9.59 Å². The highest BCUT2D eigenvalue weighted by Gasteiger charge is 2.16. The van der Waals surface area contributed by atoms with Crippen molar-refractivity contribution in [2.75, 3.05) is 11.1 Å². The summed E-state index contributed by atoms with van der Waals surface area (Å²) < 4.78 is 1.97. The Morgan fingerprint density at radius 1 is 1.23 bits per heavy atom. The predicted octanol–water partition coefficient (Wildman–Crippen LogP) is 2.39. The number of aromatic nitrogens is 3. The normalized spacial score (nSPS) is 10.9. The molecule has 0 aliphatic carbocycles. The van der Waals surface area contributed by atoms with E-state index in [2.05, 4.69) is 29.4 Å². The van der Waals surface area contributed by atoms with Crippen molar-refractivity contribution >= 4 is 29.3 Å². The first-order valence-electron chi connectivity index (χ1n) is 8.55. The molecule has 1 aromatic heterocycles. The molecule has 26 heavy (non-hydrogen) atoms. The largest absolute Gasteiger partial charge is 0.370 e. The third kappa shape index (κ3) is 6.18. The summed E-state index contributed by atoms with van der Waals surface area (Å²) in [5.74, 6) is 0.880. The highest BCUT2D eigenvalue weighted by molar-refractivity contribution is 7.99. The fraction of sp³-hybridized carbons (Fsp3) is 0.444. The molecule has 0 fully saturated rings. The van der Waals surface area contributed by atoms with Gasteiger partial charge >= 0.3 is 0 Å². The van der Waals surface area contributed by atoms with Crippen LogP contribution in [0.15, 0.2) is 29.4 Å². The predicted molar refractivity (Wildman–Crippen MR) is 103 cm³/mol. The Bertz CT molecular complexity index is 755. The molecule has 2 aromatic rings. The van der Waals surface area contributed by atoms with E-state index in [0.29, 0.717) is 17.5 Å². The highest BCUT2D eigenvalue weighted by Crippen LogP contribution is 2.20. The Kier molecular flexibility index (Phi) is 7.20. The molecular formula is C18H25N5O2S. The monoisotopic (exact) mass is 375 g/mol. The van der Waals surface area contributed by atoms with Gasteiger partial charge in [0.2, 0.25) is 11.8 Å². The summed E-state index contributed by atoms with van der Waals surface area (Å²) in [6, 6.07) is 7.66. The number of carbonyl (C=O) groups is 2. The van der Waals surface area contributed by atoms with E-state index in [1.807, 2.05) is 35.8 Å². The molecule has 0 bridgehead atoms. The number of carbonyl (C=O) groups excluding carboxylic acids is 2. The molecular weight excluding hydrogens is 350 g/mol. The lowest BCUT2D eigenvalue weighted by atomic mass is 10.2. The maximum atomic E-state index is 12.2. The molecule has 0 unspecified atom stereocenters. The first-order chi connectivity index (χ1) is 12.3. The number of hydrogen-bond acceptors (Lipinski definition) is 5. The Labute approximate surface area is 157 Å². The molecule has 140 valence electrons. The average Bonchev–Trinajstić information content (AvgIpc) is 2.94. The van der Waals surface area contributed by atoms with Crippen molar-refractivity contribution in [3.8, 4) is 0 Å². The lowest BCUT2D eigenvalue weighted by Gasteiger charge is -2.12. The first-order valence-corrected chi connectivity index (χ1v) is 9.53. The van der Waals surface area contributed by atoms with Crippen LogP contribution in [0.2, 0.25) is 0 Å². The van der Waals surface area contributed by atoms with Crippen molar-refractivity contribution in [2.24, 2.45) is 11.7 Å². The molecule has 0 radical (unpaired) electrons. The molecule has 7 nitrogen and oxygen atoms in total. The summed E-state index contributed by atoms with van der Waals surface area (Å²) in [6.07, 6.45) is 0.681. The number of rotatable bonds is 9. The van der Waals surface area contributed by atoms with Gasteiger partial charge in [0, 0.05) is 25.1 Å². The molecule has 0 aliphatic rings. The molecule has 0 saturated heterocycles. The van der Waals surface area contributed by atoms with Crippen molar-refractivity contribution in [1.82, 2.24) is 14.8 Å². The van der Waals surface area contributed by atoms with Crippen LogP contribution in [0.5, 0.6) is 0 Å². The van der Waals surface area contributed by atoms with E-state index in [1.165, 1.54) is 11.8 Å². The van der Waals surface area contributed by atoms with Crippen molar-refractivity contribution < 1.29 is 9.59 Å². The summed E-state index contributed by atoms with van der Waals surface area (Å²) in [4.78, 5) is 23.2. The highest BCUT2D eigenvalue weighted by atomic mass is 32.2. The van der Waals surface area contributed by atoms with Crippen molar-refractivity contribution in [3.05, 3.63) is 35.7 Å². The number of benzene rings is 1. The standard InChI is InChI=1S/C18H25N5O2S/c1-12(2)10-23-16(9-8-15(19)24)21-22-18(23)26-11-17(25)20-14-6-4-13(3)5-7-14/h4-7,12H,8-11H2,1-3H3,(H2,19,24)(H,20,25). The number of primary amides is 1. The fourth-order valence-corrected chi connectivity index (χ4v) is 3.12. The van der Waals surface area contributed by atoms with Crippen LogP contribution in [-0.2, 0) is 22.6 Å². The molecule has 0 atom stereocenters. The summed E-state index contributed by atoms with van der Waals surface area (Å²) in [5.41, 5.74) is 7.14. The molecule has 2 amide bonds. The van der Waals surface area contributed by atoms with Gasteiger partial charge in [-0.25, -0.2) is 0 Å². The number of nitrogens with one attached hydrogen (secondary N) is 1. The number of nitrogens with zero attached hydrogens (tertiary/aromatic N) is 3. The third-order valence-electron chi connectivity index (χ3n) is 3.60. The molecule has 0 spiro atoms. The minimum absolute atomic E-state index is 0.100. The number of anilines is 1. The summed E-state index contributed by atoms with van der Waals surface area (Å²) in [6.45, 7) is 6.91. The second-order valence-corrected chi connectivity index (χ2v) is 7.51. The first kappa shape index (κ1) is 20.0. The van der Waals surface area contributed by atoms with Gasteiger partial charge < -0.3 is 15.6 Å². The van der Waals surface area contributed by atoms with Crippen LogP contribution in [0.25, 0.3) is 0 Å². The molecule has 0 aliphatic heterocycles. The maximum absolute atomic E-state index is 12.2. The zero-order valence-electron chi connectivity index (χ0n) is 15.4. The number of amides is 2. The van der Waals surface area contributed by atoms with Gasteiger partial charge in [0.1, 0.15) is 5.82 Å². The van der Waals surface area contributed by atoms with E-state index in [-0.39, 0.29) is 24.0 Å². The molecule has 1 aromatic carbocycles. The van der Waals surface area contributed by atoms with Gasteiger partial charge in [-0.2, -0.15) is 0 Å². The minimum atomic E-state index is -0.365. The van der Waals surface area contributed by atoms with E-state index in [9.17, 15) is 9.59 Å². The van der Waals surface area contributed by atoms with Crippen LogP contribution in [0.1, 0.15) is 31.7 Å². The maximum Gasteiger partial charge on any atom is 0.234 e. The molecule has 2 rings (SSSR count). The van der Waals surface area contributed by atoms with Crippen molar-refractivity contribution in [1.29, 1.82) is 0 Å². The SMILES string of the molecule is Cc1ccc(NC(=O)CSc2nnc(CCC(N)=O)n2CC(C)C)cc1. The molecule has 0 saturated carbocycles. The summed E-state index contributed by atoms with van der Waals surface area (Å²) in [7, 11) is 0. The van der Waals surface area contributed by atoms with E-state index in [0.717, 1.165) is 23.6 Å². The van der Waals surface area contributed by atoms with Crippen LogP contribution in [0.3, 0.4) is 0 Å². The van der Waals surface area contributed by atoms with Gasteiger partial charge in [0.25, 0.3) is 0 Å².